The van der Waals surface area contributed by atoms with E-state index in [1.807, 2.05) is 25.1 Å². The van der Waals surface area contributed by atoms with Gasteiger partial charge in [-0.3, -0.25) is 9.59 Å². The fourth-order valence-electron chi connectivity index (χ4n) is 2.13. The number of likely N-dealkylation sites (N-methyl/N-ethyl adjacent to an activating group) is 1. The number of hydrogen-bond donors (Lipinski definition) is 0. The third-order valence-corrected chi connectivity index (χ3v) is 3.35. The van der Waals surface area contributed by atoms with Crippen molar-refractivity contribution in [3.05, 3.63) is 29.3 Å². The zero-order valence-corrected chi connectivity index (χ0v) is 13.3. The van der Waals surface area contributed by atoms with Crippen molar-refractivity contribution in [2.75, 3.05) is 27.8 Å². The van der Waals surface area contributed by atoms with Gasteiger partial charge in [-0.15, -0.1) is 0 Å². The summed E-state index contributed by atoms with van der Waals surface area (Å²) < 4.78 is 9.94. The van der Waals surface area contributed by atoms with E-state index in [-0.39, 0.29) is 24.2 Å². The molecule has 1 rings (SSSR count). The van der Waals surface area contributed by atoms with Crippen LogP contribution in [0.5, 0.6) is 5.75 Å². The molecule has 1 aromatic carbocycles. The molecule has 0 saturated carbocycles. The summed E-state index contributed by atoms with van der Waals surface area (Å²) in [6.07, 6.45) is 0.245. The van der Waals surface area contributed by atoms with Gasteiger partial charge in [0.05, 0.1) is 26.6 Å². The van der Waals surface area contributed by atoms with Crippen LogP contribution in [0.4, 0.5) is 0 Å². The number of ether oxygens (including phenoxy) is 2. The molecular weight excluding hydrogens is 270 g/mol. The Kier molecular flexibility index (Phi) is 6.21. The van der Waals surface area contributed by atoms with E-state index in [4.69, 9.17) is 4.74 Å². The molecule has 0 heterocycles. The van der Waals surface area contributed by atoms with Crippen LogP contribution in [-0.2, 0) is 20.7 Å². The van der Waals surface area contributed by atoms with Gasteiger partial charge in [0.1, 0.15) is 5.75 Å². The first kappa shape index (κ1) is 17.0. The van der Waals surface area contributed by atoms with E-state index in [1.165, 1.54) is 7.11 Å². The molecule has 1 unspecified atom stereocenters. The maximum atomic E-state index is 12.3. The molecule has 0 aliphatic rings. The van der Waals surface area contributed by atoms with Gasteiger partial charge in [0, 0.05) is 19.2 Å². The molecule has 0 bridgehead atoms. The predicted octanol–water partition coefficient (Wildman–Crippen LogP) is 1.81. The fourth-order valence-corrected chi connectivity index (χ4v) is 2.13. The normalized spacial score (nSPS) is 11.7. The maximum Gasteiger partial charge on any atom is 0.310 e. The summed E-state index contributed by atoms with van der Waals surface area (Å²) in [6, 6.07) is 5.74. The molecule has 21 heavy (non-hydrogen) atoms. The predicted molar refractivity (Wildman–Crippen MR) is 80.3 cm³/mol. The zero-order valence-electron chi connectivity index (χ0n) is 13.3. The number of rotatable bonds is 6. The Labute approximate surface area is 125 Å². The first-order valence-electron chi connectivity index (χ1n) is 6.84. The standard InChI is InChI=1S/C16H23NO4/c1-11-6-7-14(20-4)13(8-11)9-15(18)17(3)10-12(2)16(19)21-5/h6-8,12H,9-10H2,1-5H3. The second-order valence-electron chi connectivity index (χ2n) is 5.19. The minimum absolute atomic E-state index is 0.0605. The fraction of sp³-hybridized carbons (Fsp3) is 0.500. The molecule has 0 saturated heterocycles. The number of benzene rings is 1. The lowest BCUT2D eigenvalue weighted by atomic mass is 10.1. The van der Waals surface area contributed by atoms with Crippen molar-refractivity contribution in [2.45, 2.75) is 20.3 Å². The van der Waals surface area contributed by atoms with Crippen LogP contribution in [0.1, 0.15) is 18.1 Å². The lowest BCUT2D eigenvalue weighted by Crippen LogP contribution is -2.35. The van der Waals surface area contributed by atoms with E-state index in [9.17, 15) is 9.59 Å². The summed E-state index contributed by atoms with van der Waals surface area (Å²) in [7, 11) is 4.62. The Morgan fingerprint density at radius 3 is 2.52 bits per heavy atom. The number of aryl methyl sites for hydroxylation is 1. The number of esters is 1. The van der Waals surface area contributed by atoms with Gasteiger partial charge in [-0.2, -0.15) is 0 Å². The maximum absolute atomic E-state index is 12.3. The first-order chi connectivity index (χ1) is 9.88. The van der Waals surface area contributed by atoms with Gasteiger partial charge >= 0.3 is 5.97 Å². The molecule has 0 aliphatic heterocycles. The molecular formula is C16H23NO4. The quantitative estimate of drug-likeness (QED) is 0.751. The monoisotopic (exact) mass is 293 g/mol. The molecule has 0 spiro atoms. The van der Waals surface area contributed by atoms with Crippen LogP contribution < -0.4 is 4.74 Å². The Bertz CT molecular complexity index is 513. The molecule has 5 nitrogen and oxygen atoms in total. The van der Waals surface area contributed by atoms with Crippen LogP contribution in [0, 0.1) is 12.8 Å². The molecule has 0 aliphatic carbocycles. The van der Waals surface area contributed by atoms with E-state index >= 15 is 0 Å². The highest BCUT2D eigenvalue weighted by Crippen LogP contribution is 2.20. The molecule has 5 heteroatoms. The molecule has 1 aromatic rings. The summed E-state index contributed by atoms with van der Waals surface area (Å²) >= 11 is 0. The van der Waals surface area contributed by atoms with Crippen LogP contribution in [-0.4, -0.2) is 44.6 Å². The van der Waals surface area contributed by atoms with Gasteiger partial charge in [0.25, 0.3) is 0 Å². The van der Waals surface area contributed by atoms with Gasteiger partial charge in [-0.25, -0.2) is 0 Å². The third kappa shape index (κ3) is 4.77. The SMILES string of the molecule is COC(=O)C(C)CN(C)C(=O)Cc1cc(C)ccc1OC. The lowest BCUT2D eigenvalue weighted by molar-refractivity contribution is -0.146. The van der Waals surface area contributed by atoms with Crippen molar-refractivity contribution in [3.63, 3.8) is 0 Å². The molecule has 0 fully saturated rings. The average Bonchev–Trinajstić information content (AvgIpc) is 2.46. The first-order valence-corrected chi connectivity index (χ1v) is 6.84. The molecule has 0 aromatic heterocycles. The number of amides is 1. The smallest absolute Gasteiger partial charge is 0.310 e. The van der Waals surface area contributed by atoms with E-state index in [0.29, 0.717) is 12.3 Å². The second kappa shape index (κ2) is 7.67. The summed E-state index contributed by atoms with van der Waals surface area (Å²) in [6.45, 7) is 4.04. The topological polar surface area (TPSA) is 55.8 Å². The van der Waals surface area contributed by atoms with Gasteiger partial charge in [0.15, 0.2) is 0 Å². The average molecular weight is 293 g/mol. The van der Waals surface area contributed by atoms with Crippen molar-refractivity contribution in [1.29, 1.82) is 0 Å². The van der Waals surface area contributed by atoms with Crippen LogP contribution in [0.3, 0.4) is 0 Å². The number of carbonyl (C=O) groups excluding carboxylic acids is 2. The van der Waals surface area contributed by atoms with E-state index in [1.54, 1.807) is 26.0 Å². The third-order valence-electron chi connectivity index (χ3n) is 3.35. The zero-order chi connectivity index (χ0) is 16.0. The molecule has 0 radical (unpaired) electrons. The van der Waals surface area contributed by atoms with Crippen molar-refractivity contribution >= 4 is 11.9 Å². The van der Waals surface area contributed by atoms with E-state index in [0.717, 1.165) is 11.1 Å². The lowest BCUT2D eigenvalue weighted by Gasteiger charge is -2.21. The van der Waals surface area contributed by atoms with Crippen molar-refractivity contribution < 1.29 is 19.1 Å². The Morgan fingerprint density at radius 1 is 1.29 bits per heavy atom. The van der Waals surface area contributed by atoms with Gasteiger partial charge in [0.2, 0.25) is 5.91 Å². The van der Waals surface area contributed by atoms with Crippen molar-refractivity contribution in [2.24, 2.45) is 5.92 Å². The van der Waals surface area contributed by atoms with Gasteiger partial charge in [-0.1, -0.05) is 24.6 Å². The minimum Gasteiger partial charge on any atom is -0.496 e. The number of hydrogen-bond acceptors (Lipinski definition) is 4. The summed E-state index contributed by atoms with van der Waals surface area (Å²) in [4.78, 5) is 25.2. The summed E-state index contributed by atoms with van der Waals surface area (Å²) in [5.74, 6) is -0.0239. The summed E-state index contributed by atoms with van der Waals surface area (Å²) in [5, 5.41) is 0. The minimum atomic E-state index is -0.344. The Hall–Kier alpha value is -2.04. The highest BCUT2D eigenvalue weighted by Gasteiger charge is 2.19. The highest BCUT2D eigenvalue weighted by atomic mass is 16.5. The molecule has 0 N–H and O–H groups in total. The Morgan fingerprint density at radius 2 is 1.95 bits per heavy atom. The molecule has 1 amide bonds. The number of methoxy groups -OCH3 is 2. The van der Waals surface area contributed by atoms with E-state index < -0.39 is 0 Å². The van der Waals surface area contributed by atoms with Gasteiger partial charge in [-0.05, 0) is 13.0 Å². The molecule has 1 atom stereocenters. The van der Waals surface area contributed by atoms with Crippen LogP contribution in [0.25, 0.3) is 0 Å². The number of carbonyl (C=O) groups is 2. The van der Waals surface area contributed by atoms with Crippen LogP contribution in [0.15, 0.2) is 18.2 Å². The largest absolute Gasteiger partial charge is 0.496 e. The van der Waals surface area contributed by atoms with Crippen molar-refractivity contribution in [3.8, 4) is 5.75 Å². The van der Waals surface area contributed by atoms with Crippen LogP contribution >= 0.6 is 0 Å². The highest BCUT2D eigenvalue weighted by molar-refractivity contribution is 5.80. The summed E-state index contributed by atoms with van der Waals surface area (Å²) in [5.41, 5.74) is 1.92. The Balaban J connectivity index is 2.72. The van der Waals surface area contributed by atoms with Gasteiger partial charge < -0.3 is 14.4 Å². The van der Waals surface area contributed by atoms with Crippen LogP contribution in [0.2, 0.25) is 0 Å². The molecule has 116 valence electrons. The number of nitrogens with zero attached hydrogens (tertiary/aromatic N) is 1. The van der Waals surface area contributed by atoms with Crippen molar-refractivity contribution in [1.82, 2.24) is 4.90 Å². The second-order valence-corrected chi connectivity index (χ2v) is 5.19. The van der Waals surface area contributed by atoms with E-state index in [2.05, 4.69) is 4.74 Å².